The molecule has 0 spiro atoms. The lowest BCUT2D eigenvalue weighted by Gasteiger charge is -2.02. The molecule has 0 saturated carbocycles. The Bertz CT molecular complexity index is 382. The van der Waals surface area contributed by atoms with Crippen molar-refractivity contribution in [3.05, 3.63) is 35.9 Å². The highest BCUT2D eigenvalue weighted by Gasteiger charge is 2.07. The molecule has 4 heteroatoms. The van der Waals surface area contributed by atoms with Gasteiger partial charge in [-0.1, -0.05) is 34.1 Å². The Morgan fingerprint density at radius 1 is 1.41 bits per heavy atom. The summed E-state index contributed by atoms with van der Waals surface area (Å²) >= 11 is 3.14. The minimum atomic E-state index is -0.267. The molecule has 0 aromatic heterocycles. The largest absolute Gasteiger partial charge is 0.497 e. The van der Waals surface area contributed by atoms with E-state index in [1.165, 1.54) is 0 Å². The molecule has 0 amide bonds. The van der Waals surface area contributed by atoms with Crippen molar-refractivity contribution in [1.29, 1.82) is 0 Å². The van der Waals surface area contributed by atoms with Crippen LogP contribution in [0.2, 0.25) is 0 Å². The number of rotatable bonds is 5. The molecule has 1 unspecified atom stereocenters. The average molecular weight is 299 g/mol. The molecule has 0 aliphatic heterocycles. The van der Waals surface area contributed by atoms with E-state index in [0.717, 1.165) is 11.3 Å². The van der Waals surface area contributed by atoms with Gasteiger partial charge in [0.05, 0.1) is 7.11 Å². The predicted molar refractivity (Wildman–Crippen MR) is 71.4 cm³/mol. The lowest BCUT2D eigenvalue weighted by molar-refractivity contribution is -0.141. The molecule has 0 aliphatic carbocycles. The maximum atomic E-state index is 11.1. The number of esters is 1. The molecule has 0 fully saturated rings. The SMILES string of the molecule is COc1ccc(/C=C/COC(=O)C(C)Br)cc1. The molecule has 1 aromatic rings. The highest BCUT2D eigenvalue weighted by atomic mass is 79.9. The first-order chi connectivity index (χ1) is 8.13. The summed E-state index contributed by atoms with van der Waals surface area (Å²) in [5, 5.41) is 0. The molecule has 3 nitrogen and oxygen atoms in total. The molecule has 0 aliphatic rings. The minimum Gasteiger partial charge on any atom is -0.497 e. The summed E-state index contributed by atoms with van der Waals surface area (Å²) in [5.74, 6) is 0.561. The van der Waals surface area contributed by atoms with E-state index in [-0.39, 0.29) is 17.4 Å². The third-order valence-corrected chi connectivity index (χ3v) is 2.45. The number of hydrogen-bond donors (Lipinski definition) is 0. The first-order valence-corrected chi connectivity index (χ1v) is 6.16. The fourth-order valence-corrected chi connectivity index (χ4v) is 1.28. The van der Waals surface area contributed by atoms with Crippen molar-refractivity contribution < 1.29 is 14.3 Å². The van der Waals surface area contributed by atoms with Crippen LogP contribution in [0.25, 0.3) is 6.08 Å². The number of ether oxygens (including phenoxy) is 2. The van der Waals surface area contributed by atoms with E-state index in [2.05, 4.69) is 15.9 Å². The fourth-order valence-electron chi connectivity index (χ4n) is 1.14. The summed E-state index contributed by atoms with van der Waals surface area (Å²) in [4.78, 5) is 10.9. The second kappa shape index (κ2) is 7.12. The number of carbonyl (C=O) groups is 1. The smallest absolute Gasteiger partial charge is 0.319 e. The van der Waals surface area contributed by atoms with Gasteiger partial charge in [-0.25, -0.2) is 0 Å². The zero-order chi connectivity index (χ0) is 12.7. The van der Waals surface area contributed by atoms with Gasteiger partial charge in [0, 0.05) is 0 Å². The Morgan fingerprint density at radius 2 is 2.06 bits per heavy atom. The van der Waals surface area contributed by atoms with E-state index in [0.29, 0.717) is 0 Å². The van der Waals surface area contributed by atoms with Crippen molar-refractivity contribution in [3.63, 3.8) is 0 Å². The van der Waals surface area contributed by atoms with Crippen LogP contribution in [0.4, 0.5) is 0 Å². The molecule has 1 atom stereocenters. The Labute approximate surface area is 110 Å². The summed E-state index contributed by atoms with van der Waals surface area (Å²) in [6, 6.07) is 7.63. The van der Waals surface area contributed by atoms with E-state index >= 15 is 0 Å². The third kappa shape index (κ3) is 5.04. The lowest BCUT2D eigenvalue weighted by atomic mass is 10.2. The molecule has 0 radical (unpaired) electrons. The van der Waals surface area contributed by atoms with Crippen LogP contribution in [0, 0.1) is 0 Å². The predicted octanol–water partition coefficient (Wildman–Crippen LogP) is 3.04. The van der Waals surface area contributed by atoms with Crippen molar-refractivity contribution in [1.82, 2.24) is 0 Å². The van der Waals surface area contributed by atoms with Gasteiger partial charge in [-0.3, -0.25) is 4.79 Å². The van der Waals surface area contributed by atoms with Crippen molar-refractivity contribution in [2.45, 2.75) is 11.8 Å². The monoisotopic (exact) mass is 298 g/mol. The van der Waals surface area contributed by atoms with Gasteiger partial charge in [-0.15, -0.1) is 0 Å². The Balaban J connectivity index is 2.40. The van der Waals surface area contributed by atoms with Gasteiger partial charge in [-0.05, 0) is 30.7 Å². The van der Waals surface area contributed by atoms with Crippen molar-refractivity contribution in [2.24, 2.45) is 0 Å². The zero-order valence-electron chi connectivity index (χ0n) is 9.85. The van der Waals surface area contributed by atoms with E-state index < -0.39 is 0 Å². The maximum absolute atomic E-state index is 11.1. The minimum absolute atomic E-state index is 0.260. The molecule has 92 valence electrons. The number of hydrogen-bond acceptors (Lipinski definition) is 3. The molecule has 1 rings (SSSR count). The van der Waals surface area contributed by atoms with Crippen molar-refractivity contribution >= 4 is 28.0 Å². The Hall–Kier alpha value is -1.29. The Morgan fingerprint density at radius 3 is 2.59 bits per heavy atom. The average Bonchev–Trinajstić information content (AvgIpc) is 2.35. The highest BCUT2D eigenvalue weighted by molar-refractivity contribution is 9.10. The van der Waals surface area contributed by atoms with Crippen molar-refractivity contribution in [2.75, 3.05) is 13.7 Å². The third-order valence-electron chi connectivity index (χ3n) is 2.07. The molecule has 0 N–H and O–H groups in total. The van der Waals surface area contributed by atoms with Crippen LogP contribution in [0.15, 0.2) is 30.3 Å². The van der Waals surface area contributed by atoms with Crippen LogP contribution < -0.4 is 4.74 Å². The first kappa shape index (κ1) is 13.8. The molecule has 0 heterocycles. The molecule has 0 bridgehead atoms. The normalized spacial score (nSPS) is 12.4. The van der Waals surface area contributed by atoms with Gasteiger partial charge in [0.2, 0.25) is 0 Å². The van der Waals surface area contributed by atoms with Gasteiger partial charge in [-0.2, -0.15) is 0 Å². The maximum Gasteiger partial charge on any atom is 0.319 e. The second-order valence-corrected chi connectivity index (χ2v) is 4.80. The number of benzene rings is 1. The molecule has 17 heavy (non-hydrogen) atoms. The van der Waals surface area contributed by atoms with Crippen molar-refractivity contribution in [3.8, 4) is 5.75 Å². The van der Waals surface area contributed by atoms with E-state index in [9.17, 15) is 4.79 Å². The highest BCUT2D eigenvalue weighted by Crippen LogP contribution is 2.12. The summed E-state index contributed by atoms with van der Waals surface area (Å²) in [7, 11) is 1.63. The number of alkyl halides is 1. The van der Waals surface area contributed by atoms with Gasteiger partial charge in [0.1, 0.15) is 17.2 Å². The number of halogens is 1. The van der Waals surface area contributed by atoms with Gasteiger partial charge < -0.3 is 9.47 Å². The van der Waals surface area contributed by atoms with E-state index in [4.69, 9.17) is 9.47 Å². The van der Waals surface area contributed by atoms with Gasteiger partial charge >= 0.3 is 5.97 Å². The molecule has 1 aromatic carbocycles. The fraction of sp³-hybridized carbons (Fsp3) is 0.308. The van der Waals surface area contributed by atoms with E-state index in [1.807, 2.05) is 30.3 Å². The quantitative estimate of drug-likeness (QED) is 0.619. The molecular weight excluding hydrogens is 284 g/mol. The van der Waals surface area contributed by atoms with Crippen LogP contribution in [0.3, 0.4) is 0 Å². The first-order valence-electron chi connectivity index (χ1n) is 5.25. The Kier molecular flexibility index (Phi) is 5.77. The zero-order valence-corrected chi connectivity index (χ0v) is 11.4. The summed E-state index contributed by atoms with van der Waals surface area (Å²) < 4.78 is 10.0. The van der Waals surface area contributed by atoms with Gasteiger partial charge in [0.15, 0.2) is 0 Å². The summed E-state index contributed by atoms with van der Waals surface area (Å²) in [6.45, 7) is 2.01. The van der Waals surface area contributed by atoms with Crippen LogP contribution in [0.1, 0.15) is 12.5 Å². The number of carbonyl (C=O) groups excluding carboxylic acids is 1. The van der Waals surface area contributed by atoms with Crippen LogP contribution in [-0.2, 0) is 9.53 Å². The summed E-state index contributed by atoms with van der Waals surface area (Å²) in [5.41, 5.74) is 1.04. The summed E-state index contributed by atoms with van der Waals surface area (Å²) in [6.07, 6.45) is 3.70. The topological polar surface area (TPSA) is 35.5 Å². The van der Waals surface area contributed by atoms with Crippen LogP contribution >= 0.6 is 15.9 Å². The second-order valence-electron chi connectivity index (χ2n) is 3.42. The molecule has 0 saturated heterocycles. The van der Waals surface area contributed by atoms with Gasteiger partial charge in [0.25, 0.3) is 0 Å². The number of methoxy groups -OCH3 is 1. The lowest BCUT2D eigenvalue weighted by Crippen LogP contribution is -2.13. The standard InChI is InChI=1S/C13H15BrO3/c1-10(14)13(15)17-9-3-4-11-5-7-12(16-2)8-6-11/h3-8,10H,9H2,1-2H3/b4-3+. The van der Waals surface area contributed by atoms with Crippen LogP contribution in [-0.4, -0.2) is 24.5 Å². The molecular formula is C13H15BrO3. The van der Waals surface area contributed by atoms with Crippen LogP contribution in [0.5, 0.6) is 5.75 Å². The van der Waals surface area contributed by atoms with E-state index in [1.54, 1.807) is 20.1 Å².